The summed E-state index contributed by atoms with van der Waals surface area (Å²) in [6.07, 6.45) is 0.970. The Balaban J connectivity index is 0. The summed E-state index contributed by atoms with van der Waals surface area (Å²) in [5.41, 5.74) is 3.87. The van der Waals surface area contributed by atoms with Gasteiger partial charge in [0.2, 0.25) is 0 Å². The molecule has 0 aliphatic rings. The normalized spacial score (nSPS) is 15.1. The second kappa shape index (κ2) is 5.99. The van der Waals surface area contributed by atoms with E-state index in [2.05, 4.69) is 6.58 Å². The summed E-state index contributed by atoms with van der Waals surface area (Å²) in [6, 6.07) is 0. The summed E-state index contributed by atoms with van der Waals surface area (Å²) in [6.45, 7) is 4.33. The van der Waals surface area contributed by atoms with Crippen molar-refractivity contribution in [1.82, 2.24) is 0 Å². The second-order valence-corrected chi connectivity index (χ2v) is 4.44. The number of allylic oxidation sites excluding steroid dienone is 1. The van der Waals surface area contributed by atoms with Crippen molar-refractivity contribution in [3.05, 3.63) is 12.7 Å². The molecule has 1 unspecified atom stereocenters. The fourth-order valence-corrected chi connectivity index (χ4v) is 1.91. The van der Waals surface area contributed by atoms with Gasteiger partial charge in [-0.1, -0.05) is 13.5 Å². The smallest absolute Gasteiger partial charge is 0.748 e. The average Bonchev–Trinajstić information content (AvgIpc) is 1.99. The molecule has 0 rings (SSSR count). The van der Waals surface area contributed by atoms with Crippen LogP contribution >= 0.6 is 0 Å². The number of hydrogen-bond acceptors (Lipinski definition) is 5. The van der Waals surface area contributed by atoms with E-state index in [9.17, 15) is 17.8 Å². The number of nitrogens with two attached hydrogens (primary N) is 1. The van der Waals surface area contributed by atoms with Crippen molar-refractivity contribution in [3.63, 3.8) is 0 Å². The minimum absolute atomic E-state index is 0. The van der Waals surface area contributed by atoms with Crippen LogP contribution in [0.2, 0.25) is 0 Å². The second-order valence-electron chi connectivity index (χ2n) is 3.04. The van der Waals surface area contributed by atoms with Crippen molar-refractivity contribution in [3.8, 4) is 0 Å². The standard InChI is InChI=1S/C7H13NO4S.Na/c1-3-6(9)7(2,4-8)5-13(10,11)12;/h3H,1,4-5,8H2,2H3,(H,10,11,12);/q;+1/p-1. The van der Waals surface area contributed by atoms with Gasteiger partial charge >= 0.3 is 29.6 Å². The molecule has 5 nitrogen and oxygen atoms in total. The van der Waals surface area contributed by atoms with E-state index < -0.39 is 27.1 Å². The summed E-state index contributed by atoms with van der Waals surface area (Å²) in [5.74, 6) is -1.32. The number of carbonyl (C=O) groups is 1. The maximum absolute atomic E-state index is 11.1. The van der Waals surface area contributed by atoms with Gasteiger partial charge in [-0.25, -0.2) is 8.42 Å². The molecule has 0 aliphatic heterocycles. The first-order valence-corrected chi connectivity index (χ1v) is 5.13. The molecule has 1 atom stereocenters. The van der Waals surface area contributed by atoms with E-state index in [1.54, 1.807) is 0 Å². The van der Waals surface area contributed by atoms with Crippen molar-refractivity contribution < 1.29 is 47.3 Å². The van der Waals surface area contributed by atoms with Crippen molar-refractivity contribution in [2.45, 2.75) is 6.92 Å². The first kappa shape index (κ1) is 16.7. The molecule has 0 aromatic heterocycles. The van der Waals surface area contributed by atoms with Gasteiger partial charge in [0.25, 0.3) is 0 Å². The van der Waals surface area contributed by atoms with Gasteiger partial charge in [-0.3, -0.25) is 4.79 Å². The first-order chi connectivity index (χ1) is 5.75. The van der Waals surface area contributed by atoms with E-state index in [4.69, 9.17) is 5.73 Å². The predicted octanol–water partition coefficient (Wildman–Crippen LogP) is -3.74. The zero-order valence-electron chi connectivity index (χ0n) is 8.32. The molecule has 0 saturated carbocycles. The maximum Gasteiger partial charge on any atom is 1.00 e. The Kier molecular flexibility index (Phi) is 7.15. The Bertz CT molecular complexity index is 314. The summed E-state index contributed by atoms with van der Waals surface area (Å²) < 4.78 is 31.3. The molecule has 0 heterocycles. The fourth-order valence-electron chi connectivity index (χ4n) is 0.867. The van der Waals surface area contributed by atoms with Crippen LogP contribution in [0.15, 0.2) is 12.7 Å². The molecule has 14 heavy (non-hydrogen) atoms. The van der Waals surface area contributed by atoms with Crippen LogP contribution < -0.4 is 35.3 Å². The number of ketones is 1. The molecule has 0 radical (unpaired) electrons. The molecule has 0 saturated heterocycles. The molecule has 0 bridgehead atoms. The van der Waals surface area contributed by atoms with E-state index in [-0.39, 0.29) is 36.1 Å². The molecule has 2 N–H and O–H groups in total. The van der Waals surface area contributed by atoms with Gasteiger partial charge in [0.1, 0.15) is 0 Å². The number of hydrogen-bond donors (Lipinski definition) is 1. The Labute approximate surface area is 106 Å². The summed E-state index contributed by atoms with van der Waals surface area (Å²) >= 11 is 0. The largest absolute Gasteiger partial charge is 1.00 e. The fraction of sp³-hybridized carbons (Fsp3) is 0.571. The molecule has 76 valence electrons. The van der Waals surface area contributed by atoms with Crippen molar-refractivity contribution in [1.29, 1.82) is 0 Å². The third-order valence-electron chi connectivity index (χ3n) is 1.73. The Morgan fingerprint density at radius 3 is 2.29 bits per heavy atom. The van der Waals surface area contributed by atoms with Gasteiger partial charge in [-0.15, -0.1) is 0 Å². The van der Waals surface area contributed by atoms with Crippen LogP contribution in [0.3, 0.4) is 0 Å². The van der Waals surface area contributed by atoms with Crippen molar-refractivity contribution in [2.75, 3.05) is 12.3 Å². The third-order valence-corrected chi connectivity index (χ3v) is 2.72. The van der Waals surface area contributed by atoms with Gasteiger partial charge in [0.05, 0.1) is 21.3 Å². The van der Waals surface area contributed by atoms with Gasteiger partial charge in [-0.2, -0.15) is 0 Å². The summed E-state index contributed by atoms with van der Waals surface area (Å²) in [7, 11) is -4.45. The van der Waals surface area contributed by atoms with Crippen LogP contribution in [0.25, 0.3) is 0 Å². The van der Waals surface area contributed by atoms with Gasteiger partial charge in [-0.05, 0) is 6.08 Å². The van der Waals surface area contributed by atoms with Gasteiger partial charge in [0, 0.05) is 6.54 Å². The van der Waals surface area contributed by atoms with Crippen LogP contribution in [0, 0.1) is 5.41 Å². The molecule has 0 aromatic rings. The van der Waals surface area contributed by atoms with Crippen LogP contribution in [-0.4, -0.2) is 31.1 Å². The molecule has 7 heteroatoms. The van der Waals surface area contributed by atoms with E-state index in [0.29, 0.717) is 0 Å². The monoisotopic (exact) mass is 229 g/mol. The predicted molar refractivity (Wildman–Crippen MR) is 46.9 cm³/mol. The maximum atomic E-state index is 11.1. The Morgan fingerprint density at radius 2 is 2.07 bits per heavy atom. The molecular weight excluding hydrogens is 217 g/mol. The minimum atomic E-state index is -4.45. The van der Waals surface area contributed by atoms with Gasteiger partial charge < -0.3 is 10.3 Å². The molecule has 0 aliphatic carbocycles. The summed E-state index contributed by atoms with van der Waals surface area (Å²) in [5, 5.41) is 0. The zero-order valence-corrected chi connectivity index (χ0v) is 11.1. The van der Waals surface area contributed by atoms with Crippen LogP contribution in [0.4, 0.5) is 0 Å². The average molecular weight is 229 g/mol. The van der Waals surface area contributed by atoms with E-state index in [1.807, 2.05) is 0 Å². The molecule has 0 fully saturated rings. The van der Waals surface area contributed by atoms with Gasteiger partial charge in [0.15, 0.2) is 5.78 Å². The van der Waals surface area contributed by atoms with E-state index >= 15 is 0 Å². The van der Waals surface area contributed by atoms with Crippen molar-refractivity contribution in [2.24, 2.45) is 11.1 Å². The van der Waals surface area contributed by atoms with Crippen LogP contribution in [0.5, 0.6) is 0 Å². The number of carbonyl (C=O) groups excluding carboxylic acids is 1. The topological polar surface area (TPSA) is 100 Å². The first-order valence-electron chi connectivity index (χ1n) is 3.56. The van der Waals surface area contributed by atoms with Crippen molar-refractivity contribution >= 4 is 15.9 Å². The number of rotatable bonds is 5. The molecular formula is C7H12NNaO4S. The molecule has 0 spiro atoms. The quantitative estimate of drug-likeness (QED) is 0.296. The van der Waals surface area contributed by atoms with E-state index in [0.717, 1.165) is 6.08 Å². The SMILES string of the molecule is C=CC(=O)C(C)(CN)CS(=O)(=O)[O-].[Na+]. The minimum Gasteiger partial charge on any atom is -0.748 e. The molecule has 0 aromatic carbocycles. The van der Waals surface area contributed by atoms with Crippen LogP contribution in [-0.2, 0) is 14.9 Å². The van der Waals surface area contributed by atoms with E-state index in [1.165, 1.54) is 6.92 Å². The Morgan fingerprint density at radius 1 is 1.64 bits per heavy atom. The van der Waals surface area contributed by atoms with Crippen LogP contribution in [0.1, 0.15) is 6.92 Å². The third kappa shape index (κ3) is 5.23. The Hall–Kier alpha value is 0.280. The zero-order chi connectivity index (χ0) is 10.7. The summed E-state index contributed by atoms with van der Waals surface area (Å²) in [4.78, 5) is 11.1. The molecule has 0 amide bonds.